The van der Waals surface area contributed by atoms with E-state index in [9.17, 15) is 4.39 Å². The Hall–Kier alpha value is -2.98. The van der Waals surface area contributed by atoms with Gasteiger partial charge in [0, 0.05) is 21.7 Å². The number of methoxy groups -OCH3 is 1. The molecule has 4 heteroatoms. The maximum Gasteiger partial charge on any atom is 0.131 e. The second-order valence-corrected chi connectivity index (χ2v) is 12.2. The largest absolute Gasteiger partial charge is 0.496 e. The fraction of sp³-hybridized carbons (Fsp3) is 0.281. The molecule has 3 aromatic carbocycles. The van der Waals surface area contributed by atoms with Crippen LogP contribution >= 0.6 is 15.9 Å². The molecule has 0 spiro atoms. The second-order valence-electron chi connectivity index (χ2n) is 11.3. The summed E-state index contributed by atoms with van der Waals surface area (Å²) in [4.78, 5) is 5.00. The van der Waals surface area contributed by atoms with Crippen molar-refractivity contribution in [1.29, 1.82) is 0 Å². The molecular formula is C32H33BrFNO. The lowest BCUT2D eigenvalue weighted by Gasteiger charge is -2.26. The molecule has 0 bridgehead atoms. The Balaban J connectivity index is 2.02. The molecule has 4 rings (SSSR count). The van der Waals surface area contributed by atoms with Gasteiger partial charge in [-0.25, -0.2) is 9.37 Å². The normalized spacial score (nSPS) is 12.0. The summed E-state index contributed by atoms with van der Waals surface area (Å²) >= 11 is 3.59. The molecule has 2 nitrogen and oxygen atoms in total. The molecule has 0 N–H and O–H groups in total. The Morgan fingerprint density at radius 3 is 1.89 bits per heavy atom. The molecular weight excluding hydrogens is 513 g/mol. The summed E-state index contributed by atoms with van der Waals surface area (Å²) < 4.78 is 20.5. The van der Waals surface area contributed by atoms with Crippen molar-refractivity contribution in [3.05, 3.63) is 94.2 Å². The van der Waals surface area contributed by atoms with Crippen molar-refractivity contribution in [2.45, 2.75) is 52.4 Å². The Labute approximate surface area is 222 Å². The van der Waals surface area contributed by atoms with Crippen molar-refractivity contribution < 1.29 is 9.13 Å². The van der Waals surface area contributed by atoms with Crippen LogP contribution in [0.25, 0.3) is 33.6 Å². The van der Waals surface area contributed by atoms with Gasteiger partial charge in [0.1, 0.15) is 11.6 Å². The number of pyridine rings is 1. The van der Waals surface area contributed by atoms with Gasteiger partial charge in [-0.2, -0.15) is 0 Å². The summed E-state index contributed by atoms with van der Waals surface area (Å²) in [6, 6.07) is 23.8. The highest BCUT2D eigenvalue weighted by molar-refractivity contribution is 9.10. The monoisotopic (exact) mass is 545 g/mol. The van der Waals surface area contributed by atoms with Gasteiger partial charge in [-0.3, -0.25) is 0 Å². The van der Waals surface area contributed by atoms with E-state index in [1.54, 1.807) is 13.2 Å². The predicted octanol–water partition coefficient (Wildman–Crippen LogP) is 9.59. The van der Waals surface area contributed by atoms with Gasteiger partial charge in [0.15, 0.2) is 0 Å². The topological polar surface area (TPSA) is 22.1 Å². The first kappa shape index (κ1) is 26.1. The van der Waals surface area contributed by atoms with E-state index in [0.717, 1.165) is 38.1 Å². The Bertz CT molecular complexity index is 1380. The van der Waals surface area contributed by atoms with Crippen LogP contribution in [0, 0.1) is 5.82 Å². The highest BCUT2D eigenvalue weighted by atomic mass is 79.9. The van der Waals surface area contributed by atoms with Crippen LogP contribution in [0.5, 0.6) is 5.75 Å². The number of aromatic nitrogens is 1. The molecule has 36 heavy (non-hydrogen) atoms. The fourth-order valence-corrected chi connectivity index (χ4v) is 4.57. The molecule has 0 fully saturated rings. The van der Waals surface area contributed by atoms with Gasteiger partial charge in [0.2, 0.25) is 0 Å². The van der Waals surface area contributed by atoms with Gasteiger partial charge < -0.3 is 4.74 Å². The summed E-state index contributed by atoms with van der Waals surface area (Å²) in [5.41, 5.74) is 8.07. The lowest BCUT2D eigenvalue weighted by Crippen LogP contribution is -2.16. The van der Waals surface area contributed by atoms with E-state index in [1.165, 1.54) is 23.3 Å². The average molecular weight is 547 g/mol. The smallest absolute Gasteiger partial charge is 0.131 e. The van der Waals surface area contributed by atoms with Crippen LogP contribution in [0.15, 0.2) is 77.3 Å². The van der Waals surface area contributed by atoms with Crippen LogP contribution in [0.4, 0.5) is 4.39 Å². The molecule has 0 amide bonds. The van der Waals surface area contributed by atoms with Crippen LogP contribution < -0.4 is 4.74 Å². The van der Waals surface area contributed by atoms with Crippen LogP contribution in [-0.4, -0.2) is 12.1 Å². The molecule has 0 aliphatic rings. The van der Waals surface area contributed by atoms with Crippen LogP contribution in [-0.2, 0) is 10.8 Å². The molecule has 0 saturated heterocycles. The molecule has 0 atom stereocenters. The number of hydrogen-bond donors (Lipinski definition) is 0. The van der Waals surface area contributed by atoms with Gasteiger partial charge in [0.05, 0.1) is 18.5 Å². The van der Waals surface area contributed by atoms with Crippen molar-refractivity contribution in [1.82, 2.24) is 4.98 Å². The lowest BCUT2D eigenvalue weighted by molar-refractivity contribution is 0.413. The van der Waals surface area contributed by atoms with Gasteiger partial charge in [0.25, 0.3) is 0 Å². The third-order valence-corrected chi connectivity index (χ3v) is 6.88. The molecule has 186 valence electrons. The van der Waals surface area contributed by atoms with Gasteiger partial charge >= 0.3 is 0 Å². The van der Waals surface area contributed by atoms with Crippen molar-refractivity contribution in [3.63, 3.8) is 0 Å². The van der Waals surface area contributed by atoms with E-state index in [0.29, 0.717) is 5.75 Å². The SMILES string of the molecule is COc1cc(F)ccc1-c1cc(-c2cc(C(C)(C)C)cc(C(C)(C)C)c2)cc(-c2cccc(Br)c2)n1. The Morgan fingerprint density at radius 1 is 0.694 bits per heavy atom. The summed E-state index contributed by atoms with van der Waals surface area (Å²) in [6.45, 7) is 13.5. The molecule has 0 unspecified atom stereocenters. The van der Waals surface area contributed by atoms with Crippen molar-refractivity contribution >= 4 is 15.9 Å². The minimum Gasteiger partial charge on any atom is -0.496 e. The van der Waals surface area contributed by atoms with E-state index in [1.807, 2.05) is 12.1 Å². The summed E-state index contributed by atoms with van der Waals surface area (Å²) in [5, 5.41) is 0. The minimum absolute atomic E-state index is 0.000822. The fourth-order valence-electron chi connectivity index (χ4n) is 4.17. The van der Waals surface area contributed by atoms with Crippen LogP contribution in [0.1, 0.15) is 52.7 Å². The molecule has 1 heterocycles. The second kappa shape index (κ2) is 9.82. The van der Waals surface area contributed by atoms with E-state index in [4.69, 9.17) is 9.72 Å². The van der Waals surface area contributed by atoms with E-state index < -0.39 is 0 Å². The predicted molar refractivity (Wildman–Crippen MR) is 152 cm³/mol. The number of rotatable bonds is 4. The van der Waals surface area contributed by atoms with Crippen molar-refractivity contribution in [2.75, 3.05) is 7.11 Å². The highest BCUT2D eigenvalue weighted by Crippen LogP contribution is 2.38. The maximum atomic E-state index is 14.0. The van der Waals surface area contributed by atoms with Gasteiger partial charge in [-0.1, -0.05) is 87.8 Å². The zero-order valence-corrected chi connectivity index (χ0v) is 23.6. The number of halogens is 2. The van der Waals surface area contributed by atoms with E-state index in [2.05, 4.69) is 99.9 Å². The van der Waals surface area contributed by atoms with Crippen LogP contribution in [0.2, 0.25) is 0 Å². The van der Waals surface area contributed by atoms with Crippen molar-refractivity contribution in [2.24, 2.45) is 0 Å². The zero-order valence-electron chi connectivity index (χ0n) is 22.0. The third kappa shape index (κ3) is 5.70. The molecule has 0 radical (unpaired) electrons. The minimum atomic E-state index is -0.341. The summed E-state index contributed by atoms with van der Waals surface area (Å²) in [6.07, 6.45) is 0. The number of hydrogen-bond acceptors (Lipinski definition) is 2. The number of ether oxygens (including phenoxy) is 1. The molecule has 0 aliphatic carbocycles. The maximum absolute atomic E-state index is 14.0. The van der Waals surface area contributed by atoms with Gasteiger partial charge in [-0.15, -0.1) is 0 Å². The summed E-state index contributed by atoms with van der Waals surface area (Å²) in [7, 11) is 1.56. The molecule has 4 aromatic rings. The van der Waals surface area contributed by atoms with Crippen LogP contribution in [0.3, 0.4) is 0 Å². The van der Waals surface area contributed by atoms with Gasteiger partial charge in [-0.05, 0) is 69.5 Å². The number of benzene rings is 3. The lowest BCUT2D eigenvalue weighted by atomic mass is 9.79. The van der Waals surface area contributed by atoms with Crippen molar-refractivity contribution in [3.8, 4) is 39.4 Å². The average Bonchev–Trinajstić information content (AvgIpc) is 2.82. The standard InChI is InChI=1S/C32H33BrFNO/c1-31(2,3)23-13-21(14-24(18-23)32(4,5)6)22-16-28(20-9-8-10-25(33)15-20)35-29(17-22)27-12-11-26(34)19-30(27)36-7/h8-19H,1-7H3. The molecule has 0 saturated carbocycles. The Kier molecular flexibility index (Phi) is 7.12. The molecule has 0 aliphatic heterocycles. The van der Waals surface area contributed by atoms with E-state index in [-0.39, 0.29) is 16.6 Å². The quantitative estimate of drug-likeness (QED) is 0.254. The Morgan fingerprint density at radius 2 is 1.31 bits per heavy atom. The first-order valence-corrected chi connectivity index (χ1v) is 12.9. The first-order valence-electron chi connectivity index (χ1n) is 12.1. The molecule has 1 aromatic heterocycles. The summed E-state index contributed by atoms with van der Waals surface area (Å²) in [5.74, 6) is 0.116. The third-order valence-electron chi connectivity index (χ3n) is 6.38. The van der Waals surface area contributed by atoms with E-state index >= 15 is 0 Å². The zero-order chi connectivity index (χ0) is 26.3. The first-order chi connectivity index (χ1) is 16.8. The highest BCUT2D eigenvalue weighted by Gasteiger charge is 2.22. The number of nitrogens with zero attached hydrogens (tertiary/aromatic N) is 1.